The third kappa shape index (κ3) is 3.82. The fraction of sp³-hybridized carbons (Fsp3) is 0.310. The van der Waals surface area contributed by atoms with Gasteiger partial charge in [-0.15, -0.1) is 0 Å². The first-order valence-electron chi connectivity index (χ1n) is 12.8. The van der Waals surface area contributed by atoms with Crippen LogP contribution in [0.2, 0.25) is 5.02 Å². The summed E-state index contributed by atoms with van der Waals surface area (Å²) in [6.07, 6.45) is 2.32. The molecule has 1 amide bonds. The number of aromatic nitrogens is 1. The molecule has 1 spiro atoms. The van der Waals surface area contributed by atoms with E-state index in [4.69, 9.17) is 21.4 Å². The fourth-order valence-electron chi connectivity index (χ4n) is 5.96. The number of esters is 1. The van der Waals surface area contributed by atoms with Crippen LogP contribution >= 0.6 is 11.6 Å². The van der Waals surface area contributed by atoms with Gasteiger partial charge in [-0.2, -0.15) is 10.1 Å². The summed E-state index contributed by atoms with van der Waals surface area (Å²) in [6, 6.07) is 18.5. The van der Waals surface area contributed by atoms with Crippen molar-refractivity contribution in [3.05, 3.63) is 83.0 Å². The number of benzene rings is 2. The lowest BCUT2D eigenvalue weighted by molar-refractivity contribution is -0.125. The van der Waals surface area contributed by atoms with Gasteiger partial charge in [0.05, 0.1) is 29.6 Å². The first-order valence-corrected chi connectivity index (χ1v) is 13.2. The summed E-state index contributed by atoms with van der Waals surface area (Å²) in [5.41, 5.74) is 3.13. The van der Waals surface area contributed by atoms with Crippen LogP contribution in [0.5, 0.6) is 0 Å². The minimum atomic E-state index is -0.853. The van der Waals surface area contributed by atoms with Crippen LogP contribution in [0.1, 0.15) is 29.8 Å². The van der Waals surface area contributed by atoms with E-state index in [1.807, 2.05) is 43.3 Å². The van der Waals surface area contributed by atoms with Crippen molar-refractivity contribution in [2.24, 2.45) is 10.5 Å². The summed E-state index contributed by atoms with van der Waals surface area (Å²) >= 11 is 6.42. The molecule has 0 radical (unpaired) electrons. The van der Waals surface area contributed by atoms with E-state index in [1.165, 1.54) is 5.01 Å². The van der Waals surface area contributed by atoms with Gasteiger partial charge in [-0.05, 0) is 74.4 Å². The zero-order chi connectivity index (χ0) is 26.4. The van der Waals surface area contributed by atoms with E-state index in [9.17, 15) is 9.59 Å². The first-order chi connectivity index (χ1) is 18.4. The molecule has 0 aliphatic carbocycles. The Bertz CT molecular complexity index is 1430. The van der Waals surface area contributed by atoms with Gasteiger partial charge in [-0.1, -0.05) is 23.7 Å². The average molecular weight is 530 g/mol. The van der Waals surface area contributed by atoms with Crippen molar-refractivity contribution in [2.45, 2.75) is 26.3 Å². The van der Waals surface area contributed by atoms with Crippen LogP contribution in [-0.4, -0.2) is 54.9 Å². The van der Waals surface area contributed by atoms with E-state index in [2.05, 4.69) is 14.8 Å². The summed E-state index contributed by atoms with van der Waals surface area (Å²) in [5, 5.41) is 6.97. The molecule has 4 heterocycles. The Morgan fingerprint density at radius 2 is 1.95 bits per heavy atom. The quantitative estimate of drug-likeness (QED) is 0.461. The minimum absolute atomic E-state index is 0.0719. The highest BCUT2D eigenvalue weighted by Crippen LogP contribution is 2.49. The van der Waals surface area contributed by atoms with Crippen LogP contribution in [-0.2, 0) is 16.0 Å². The van der Waals surface area contributed by atoms with Crippen molar-refractivity contribution < 1.29 is 14.3 Å². The molecule has 3 aliphatic rings. The number of rotatable bonds is 4. The van der Waals surface area contributed by atoms with Crippen LogP contribution < -0.4 is 14.8 Å². The second kappa shape index (κ2) is 9.44. The van der Waals surface area contributed by atoms with Crippen molar-refractivity contribution in [3.63, 3.8) is 0 Å². The zero-order valence-corrected chi connectivity index (χ0v) is 22.1. The summed E-state index contributed by atoms with van der Waals surface area (Å²) in [5.74, 6) is 0.431. The highest BCUT2D eigenvalue weighted by Gasteiger charge is 2.60. The minimum Gasteiger partial charge on any atom is -0.462 e. The first kappa shape index (κ1) is 24.4. The molecule has 3 aromatic rings. The number of piperazine rings is 1. The molecule has 9 heteroatoms. The van der Waals surface area contributed by atoms with Crippen molar-refractivity contribution in [2.75, 3.05) is 41.0 Å². The third-order valence-electron chi connectivity index (χ3n) is 7.84. The Morgan fingerprint density at radius 3 is 2.68 bits per heavy atom. The van der Waals surface area contributed by atoms with Gasteiger partial charge in [0.1, 0.15) is 11.2 Å². The standard InChI is InChI=1S/C29H28ClN5O3/c1-3-38-27(36)20-8-11-23(12-9-20)35-28(37)29(19(2)32-35)17-21-7-10-22(30)16-24(21)34-15-14-33(18-25(29)34)26-6-4-5-13-31-26/h4-13,16,25H,3,14-15,17-18H2,1-2H3/t25-,29+/m0/s1. The van der Waals surface area contributed by atoms with Crippen molar-refractivity contribution >= 4 is 46.4 Å². The number of carbonyl (C=O) groups excluding carboxylic acids is 2. The van der Waals surface area contributed by atoms with Gasteiger partial charge in [0, 0.05) is 36.5 Å². The van der Waals surface area contributed by atoms with Gasteiger partial charge in [0.2, 0.25) is 0 Å². The fourth-order valence-corrected chi connectivity index (χ4v) is 6.12. The molecule has 0 unspecified atom stereocenters. The smallest absolute Gasteiger partial charge is 0.338 e. The maximum absolute atomic E-state index is 14.4. The molecule has 194 valence electrons. The Kier molecular flexibility index (Phi) is 6.07. The van der Waals surface area contributed by atoms with Crippen molar-refractivity contribution in [1.82, 2.24) is 4.98 Å². The van der Waals surface area contributed by atoms with E-state index in [-0.39, 0.29) is 11.9 Å². The number of nitrogens with zero attached hydrogens (tertiary/aromatic N) is 5. The number of ether oxygens (including phenoxy) is 1. The largest absolute Gasteiger partial charge is 0.462 e. The molecular weight excluding hydrogens is 502 g/mol. The van der Waals surface area contributed by atoms with Gasteiger partial charge in [0.25, 0.3) is 5.91 Å². The van der Waals surface area contributed by atoms with Crippen LogP contribution in [0, 0.1) is 5.41 Å². The lowest BCUT2D eigenvalue weighted by Gasteiger charge is -2.53. The number of hydrogen-bond donors (Lipinski definition) is 0. The predicted molar refractivity (Wildman–Crippen MR) is 148 cm³/mol. The van der Waals surface area contributed by atoms with Crippen LogP contribution in [0.15, 0.2) is 72.0 Å². The van der Waals surface area contributed by atoms with E-state index in [0.717, 1.165) is 35.9 Å². The Morgan fingerprint density at radius 1 is 1.13 bits per heavy atom. The normalized spacial score (nSPS) is 22.3. The lowest BCUT2D eigenvalue weighted by Crippen LogP contribution is -2.67. The number of amides is 1. The Labute approximate surface area is 226 Å². The predicted octanol–water partition coefficient (Wildman–Crippen LogP) is 4.57. The van der Waals surface area contributed by atoms with Gasteiger partial charge >= 0.3 is 5.97 Å². The molecule has 1 aromatic heterocycles. The molecular formula is C29H28ClN5O3. The second-order valence-corrected chi connectivity index (χ2v) is 10.3. The Balaban J connectivity index is 1.39. The van der Waals surface area contributed by atoms with Gasteiger partial charge in [-0.3, -0.25) is 4.79 Å². The average Bonchev–Trinajstić information content (AvgIpc) is 3.19. The molecule has 8 nitrogen and oxygen atoms in total. The SMILES string of the molecule is CCOC(=O)c1ccc(N2N=C(C)[C@@]3(Cc4ccc(Cl)cc4N4CCN(c5ccccn5)C[C@H]43)C2=O)cc1. The molecule has 1 saturated heterocycles. The number of carbonyl (C=O) groups is 2. The summed E-state index contributed by atoms with van der Waals surface area (Å²) in [4.78, 5) is 35.7. The molecule has 38 heavy (non-hydrogen) atoms. The highest BCUT2D eigenvalue weighted by atomic mass is 35.5. The molecule has 0 N–H and O–H groups in total. The maximum Gasteiger partial charge on any atom is 0.338 e. The number of hydrazone groups is 1. The maximum atomic E-state index is 14.4. The van der Waals surface area contributed by atoms with Gasteiger partial charge in [0.15, 0.2) is 0 Å². The van der Waals surface area contributed by atoms with E-state index in [0.29, 0.717) is 35.8 Å². The van der Waals surface area contributed by atoms with E-state index < -0.39 is 11.4 Å². The molecule has 6 rings (SSSR count). The number of anilines is 3. The highest BCUT2D eigenvalue weighted by molar-refractivity contribution is 6.31. The van der Waals surface area contributed by atoms with Crippen LogP contribution in [0.3, 0.4) is 0 Å². The molecule has 2 aromatic carbocycles. The number of hydrogen-bond acceptors (Lipinski definition) is 7. The number of pyridine rings is 1. The summed E-state index contributed by atoms with van der Waals surface area (Å²) < 4.78 is 5.10. The van der Waals surface area contributed by atoms with Crippen molar-refractivity contribution in [1.29, 1.82) is 0 Å². The van der Waals surface area contributed by atoms with E-state index in [1.54, 1.807) is 37.4 Å². The second-order valence-electron chi connectivity index (χ2n) is 9.83. The topological polar surface area (TPSA) is 78.3 Å². The third-order valence-corrected chi connectivity index (χ3v) is 8.08. The lowest BCUT2D eigenvalue weighted by atomic mass is 9.67. The molecule has 0 saturated carbocycles. The monoisotopic (exact) mass is 529 g/mol. The molecule has 2 atom stereocenters. The zero-order valence-electron chi connectivity index (χ0n) is 21.3. The molecule has 3 aliphatic heterocycles. The molecule has 0 bridgehead atoms. The number of fused-ring (bicyclic) bond motifs is 4. The summed E-state index contributed by atoms with van der Waals surface area (Å²) in [6.45, 7) is 6.15. The summed E-state index contributed by atoms with van der Waals surface area (Å²) in [7, 11) is 0. The van der Waals surface area contributed by atoms with Crippen molar-refractivity contribution in [3.8, 4) is 0 Å². The Hall–Kier alpha value is -3.91. The van der Waals surface area contributed by atoms with E-state index >= 15 is 0 Å². The van der Waals surface area contributed by atoms with Gasteiger partial charge in [-0.25, -0.2) is 9.78 Å². The van der Waals surface area contributed by atoms with Gasteiger partial charge < -0.3 is 14.5 Å². The van der Waals surface area contributed by atoms with Crippen LogP contribution in [0.25, 0.3) is 0 Å². The molecule has 1 fully saturated rings. The van der Waals surface area contributed by atoms with Crippen LogP contribution in [0.4, 0.5) is 17.2 Å². The number of halogens is 1.